The van der Waals surface area contributed by atoms with Crippen LogP contribution in [0.2, 0.25) is 0 Å². The molecule has 0 aliphatic heterocycles. The molecule has 11 heteroatoms. The predicted octanol–water partition coefficient (Wildman–Crippen LogP) is 6.52. The van der Waals surface area contributed by atoms with Crippen molar-refractivity contribution in [3.8, 4) is 0 Å². The van der Waals surface area contributed by atoms with Gasteiger partial charge in [-0.25, -0.2) is 4.57 Å². The first kappa shape index (κ1) is 36.2. The number of benzene rings is 2. The van der Waals surface area contributed by atoms with E-state index in [1.54, 1.807) is 41.5 Å². The number of carbonyl (C=O) groups excluding carboxylic acids is 3. The average Bonchev–Trinajstić information content (AvgIpc) is 2.91. The van der Waals surface area contributed by atoms with E-state index >= 15 is 0 Å². The number of phosphoric ester groups is 1. The smallest absolute Gasteiger partial charge is 0.461 e. The van der Waals surface area contributed by atoms with Gasteiger partial charge in [-0.2, -0.15) is 0 Å². The zero-order chi connectivity index (χ0) is 31.9. The maximum absolute atomic E-state index is 13.5. The van der Waals surface area contributed by atoms with Crippen LogP contribution in [-0.2, 0) is 55.2 Å². The Kier molecular flexibility index (Phi) is 14.5. The summed E-state index contributed by atoms with van der Waals surface area (Å²) in [6.45, 7) is 10.4. The number of rotatable bonds is 17. The molecule has 0 bridgehead atoms. The van der Waals surface area contributed by atoms with Crippen LogP contribution in [0.15, 0.2) is 60.7 Å². The minimum absolute atomic E-state index is 0.0496. The van der Waals surface area contributed by atoms with Crippen LogP contribution >= 0.6 is 7.82 Å². The monoisotopic (exact) mass is 619 g/mol. The van der Waals surface area contributed by atoms with Crippen molar-refractivity contribution in [2.24, 2.45) is 5.92 Å². The second kappa shape index (κ2) is 17.3. The second-order valence-corrected chi connectivity index (χ2v) is 13.6. The molecule has 1 amide bonds. The summed E-state index contributed by atoms with van der Waals surface area (Å²) in [7, 11) is -4.12. The van der Waals surface area contributed by atoms with E-state index < -0.39 is 43.4 Å². The van der Waals surface area contributed by atoms with Gasteiger partial charge in [-0.15, -0.1) is 0 Å². The van der Waals surface area contributed by atoms with Crippen molar-refractivity contribution in [3.63, 3.8) is 0 Å². The molecule has 0 fully saturated rings. The highest BCUT2D eigenvalue weighted by Crippen LogP contribution is 2.55. The van der Waals surface area contributed by atoms with E-state index in [4.69, 9.17) is 23.0 Å². The Bertz CT molecular complexity index is 1170. The van der Waals surface area contributed by atoms with Crippen LogP contribution in [0.3, 0.4) is 0 Å². The highest BCUT2D eigenvalue weighted by molar-refractivity contribution is 7.48. The van der Waals surface area contributed by atoms with Gasteiger partial charge in [0, 0.05) is 13.0 Å². The number of hydrogen-bond acceptors (Lipinski definition) is 9. The van der Waals surface area contributed by atoms with Crippen LogP contribution < -0.4 is 5.32 Å². The zero-order valence-electron chi connectivity index (χ0n) is 26.1. The number of esters is 2. The topological polar surface area (TPSA) is 126 Å². The molecule has 238 valence electrons. The standard InChI is InChI=1S/C32H46NO9P/c1-31(2,3)41-43(37,42-32(4,5)6)40-24-27(21-29(35)39-23-26-17-11-8-12-18-26)30(36)33-20-14-13-19-28(34)38-22-25-15-9-7-10-16-25/h7-12,15-18,27H,13-14,19-24H2,1-6H3,(H,33,36). The molecule has 0 saturated carbocycles. The summed E-state index contributed by atoms with van der Waals surface area (Å²) in [5, 5.41) is 2.78. The minimum atomic E-state index is -4.12. The van der Waals surface area contributed by atoms with Crippen molar-refractivity contribution in [3.05, 3.63) is 71.8 Å². The SMILES string of the molecule is CC(C)(C)OP(=O)(OCC(CC(=O)OCc1ccccc1)C(=O)NCCCCC(=O)OCc1ccccc1)OC(C)(C)C. The molecule has 0 spiro atoms. The van der Waals surface area contributed by atoms with Gasteiger partial charge < -0.3 is 14.8 Å². The van der Waals surface area contributed by atoms with Gasteiger partial charge in [0.1, 0.15) is 13.2 Å². The zero-order valence-corrected chi connectivity index (χ0v) is 27.0. The lowest BCUT2D eigenvalue weighted by Gasteiger charge is -2.31. The first-order valence-corrected chi connectivity index (χ1v) is 15.9. The molecule has 1 atom stereocenters. The van der Waals surface area contributed by atoms with Gasteiger partial charge in [-0.3, -0.25) is 28.0 Å². The third kappa shape index (κ3) is 16.4. The molecule has 2 aromatic rings. The molecule has 0 saturated heterocycles. The van der Waals surface area contributed by atoms with E-state index in [9.17, 15) is 18.9 Å². The highest BCUT2D eigenvalue weighted by atomic mass is 31.2. The molecule has 43 heavy (non-hydrogen) atoms. The molecule has 0 aliphatic carbocycles. The summed E-state index contributed by atoms with van der Waals surface area (Å²) in [6.07, 6.45) is 0.910. The summed E-state index contributed by atoms with van der Waals surface area (Å²) in [6, 6.07) is 18.6. The maximum atomic E-state index is 13.5. The van der Waals surface area contributed by atoms with Crippen molar-refractivity contribution in [1.29, 1.82) is 0 Å². The Morgan fingerprint density at radius 3 is 1.72 bits per heavy atom. The first-order valence-electron chi connectivity index (χ1n) is 14.5. The fourth-order valence-electron chi connectivity index (χ4n) is 3.71. The molecule has 1 unspecified atom stereocenters. The molecular formula is C32H46NO9P. The molecule has 1 N–H and O–H groups in total. The third-order valence-electron chi connectivity index (χ3n) is 5.58. The van der Waals surface area contributed by atoms with Gasteiger partial charge in [-0.05, 0) is 65.5 Å². The van der Waals surface area contributed by atoms with E-state index in [0.29, 0.717) is 12.8 Å². The Labute approximate surface area is 255 Å². The van der Waals surface area contributed by atoms with Gasteiger partial charge in [0.25, 0.3) is 0 Å². The molecule has 2 aromatic carbocycles. The van der Waals surface area contributed by atoms with Gasteiger partial charge in [0.05, 0.1) is 30.1 Å². The van der Waals surface area contributed by atoms with Crippen molar-refractivity contribution in [1.82, 2.24) is 5.32 Å². The quantitative estimate of drug-likeness (QED) is 0.120. The fourth-order valence-corrected chi connectivity index (χ4v) is 5.56. The van der Waals surface area contributed by atoms with Crippen molar-refractivity contribution < 1.29 is 42.0 Å². The Hall–Kier alpha value is -3.04. The lowest BCUT2D eigenvalue weighted by atomic mass is 10.1. The van der Waals surface area contributed by atoms with Gasteiger partial charge in [0.15, 0.2) is 0 Å². The Morgan fingerprint density at radius 2 is 1.23 bits per heavy atom. The number of amides is 1. The fraction of sp³-hybridized carbons (Fsp3) is 0.531. The van der Waals surface area contributed by atoms with E-state index in [1.165, 1.54) is 0 Å². The molecule has 2 rings (SSSR count). The van der Waals surface area contributed by atoms with Crippen molar-refractivity contribution in [2.75, 3.05) is 13.2 Å². The lowest BCUT2D eigenvalue weighted by Crippen LogP contribution is -2.36. The predicted molar refractivity (Wildman–Crippen MR) is 163 cm³/mol. The highest BCUT2D eigenvalue weighted by Gasteiger charge is 2.38. The number of nitrogens with one attached hydrogen (secondary N) is 1. The van der Waals surface area contributed by atoms with Gasteiger partial charge in [-0.1, -0.05) is 60.7 Å². The lowest BCUT2D eigenvalue weighted by molar-refractivity contribution is -0.149. The van der Waals surface area contributed by atoms with Crippen LogP contribution in [0.4, 0.5) is 0 Å². The van der Waals surface area contributed by atoms with E-state index in [0.717, 1.165) is 11.1 Å². The van der Waals surface area contributed by atoms with Crippen molar-refractivity contribution in [2.45, 2.75) is 91.6 Å². The van der Waals surface area contributed by atoms with Crippen LogP contribution in [0.1, 0.15) is 78.4 Å². The van der Waals surface area contributed by atoms with Crippen molar-refractivity contribution >= 4 is 25.7 Å². The summed E-state index contributed by atoms with van der Waals surface area (Å²) in [4.78, 5) is 37.9. The molecule has 0 heterocycles. The molecule has 0 aliphatic rings. The van der Waals surface area contributed by atoms with Gasteiger partial charge in [0.2, 0.25) is 5.91 Å². The molecule has 0 aromatic heterocycles. The number of hydrogen-bond donors (Lipinski definition) is 1. The average molecular weight is 620 g/mol. The van der Waals surface area contributed by atoms with Gasteiger partial charge >= 0.3 is 19.8 Å². The largest absolute Gasteiger partial charge is 0.475 e. The molecule has 10 nitrogen and oxygen atoms in total. The summed E-state index contributed by atoms with van der Waals surface area (Å²) >= 11 is 0. The van der Waals surface area contributed by atoms with Crippen LogP contribution in [0.5, 0.6) is 0 Å². The minimum Gasteiger partial charge on any atom is -0.461 e. The number of ether oxygens (including phenoxy) is 2. The second-order valence-electron chi connectivity index (χ2n) is 12.1. The summed E-state index contributed by atoms with van der Waals surface area (Å²) < 4.78 is 41.1. The van der Waals surface area contributed by atoms with E-state index in [-0.39, 0.29) is 38.6 Å². The number of phosphoric acid groups is 1. The van der Waals surface area contributed by atoms with Crippen LogP contribution in [-0.4, -0.2) is 42.2 Å². The summed E-state index contributed by atoms with van der Waals surface area (Å²) in [5.74, 6) is -2.45. The third-order valence-corrected chi connectivity index (χ3v) is 7.59. The summed E-state index contributed by atoms with van der Waals surface area (Å²) in [5.41, 5.74) is -0.0220. The Morgan fingerprint density at radius 1 is 0.744 bits per heavy atom. The number of unbranched alkanes of at least 4 members (excludes halogenated alkanes) is 1. The Balaban J connectivity index is 1.94. The molecule has 0 radical (unpaired) electrons. The first-order chi connectivity index (χ1) is 20.1. The van der Waals surface area contributed by atoms with Crippen LogP contribution in [0.25, 0.3) is 0 Å². The number of carbonyl (C=O) groups is 3. The van der Waals surface area contributed by atoms with E-state index in [2.05, 4.69) is 5.32 Å². The normalized spacial score (nSPS) is 12.8. The maximum Gasteiger partial charge on any atom is 0.475 e. The van der Waals surface area contributed by atoms with E-state index in [1.807, 2.05) is 60.7 Å². The molecular weight excluding hydrogens is 573 g/mol. The van der Waals surface area contributed by atoms with Crippen LogP contribution in [0, 0.1) is 5.92 Å².